The minimum atomic E-state index is -3.69. The Bertz CT molecular complexity index is 3500. The van der Waals surface area contributed by atoms with E-state index in [1.807, 2.05) is 60.7 Å². The monoisotopic (exact) mass is 1170 g/mol. The maximum Gasteiger partial charge on any atom is 0.264 e. The Kier molecular flexibility index (Phi) is 21.6. The summed E-state index contributed by atoms with van der Waals surface area (Å²) < 4.78 is 80.9. The molecule has 2 atom stereocenters. The molecule has 2 aromatic heterocycles. The fourth-order valence-corrected chi connectivity index (χ4v) is 10.2. The zero-order valence-electron chi connectivity index (χ0n) is 45.0. The Hall–Kier alpha value is -8.29. The van der Waals surface area contributed by atoms with Crippen molar-refractivity contribution in [3.05, 3.63) is 166 Å². The predicted molar refractivity (Wildman–Crippen MR) is 299 cm³/mol. The minimum absolute atomic E-state index is 0.0313. The summed E-state index contributed by atoms with van der Waals surface area (Å²) in [5.74, 6) is -3.44. The van der Waals surface area contributed by atoms with Crippen LogP contribution >= 0.6 is 11.6 Å². The highest BCUT2D eigenvalue weighted by Crippen LogP contribution is 2.39. The molecule has 2 aliphatic heterocycles. The lowest BCUT2D eigenvalue weighted by atomic mass is 10.1. The van der Waals surface area contributed by atoms with Gasteiger partial charge in [-0.3, -0.25) is 38.6 Å². The van der Waals surface area contributed by atoms with Gasteiger partial charge in [0.15, 0.2) is 11.5 Å². The van der Waals surface area contributed by atoms with Gasteiger partial charge in [-0.2, -0.15) is 0 Å². The van der Waals surface area contributed by atoms with E-state index in [4.69, 9.17) is 45.8 Å². The Morgan fingerprint density at radius 1 is 0.580 bits per heavy atom. The molecule has 22 nitrogen and oxygen atoms in total. The third-order valence-electron chi connectivity index (χ3n) is 11.8. The molecule has 2 unspecified atom stereocenters. The number of fused-ring (bicyclic) bond motifs is 2. The first-order valence-electron chi connectivity index (χ1n) is 24.8. The molecule has 0 saturated carbocycles. The van der Waals surface area contributed by atoms with Gasteiger partial charge in [0.2, 0.25) is 11.1 Å². The van der Waals surface area contributed by atoms with E-state index in [9.17, 15) is 45.6 Å². The molecule has 6 aromatic rings. The second-order valence-electron chi connectivity index (χ2n) is 17.9. The van der Waals surface area contributed by atoms with E-state index in [0.29, 0.717) is 24.7 Å². The third-order valence-corrected chi connectivity index (χ3v) is 13.7. The van der Waals surface area contributed by atoms with Gasteiger partial charge in [0.1, 0.15) is 32.9 Å². The molecule has 81 heavy (non-hydrogen) atoms. The van der Waals surface area contributed by atoms with Crippen LogP contribution in [0.2, 0.25) is 0 Å². The number of amides is 5. The van der Waals surface area contributed by atoms with Gasteiger partial charge in [-0.15, -0.1) is 0 Å². The number of benzene rings is 4. The van der Waals surface area contributed by atoms with Gasteiger partial charge in [-0.1, -0.05) is 72.8 Å². The highest BCUT2D eigenvalue weighted by molar-refractivity contribution is 7.90. The van der Waals surface area contributed by atoms with Crippen molar-refractivity contribution in [3.8, 4) is 23.3 Å². The molecule has 3 N–H and O–H groups in total. The molecule has 4 heterocycles. The number of nitrogens with zero attached hydrogens (tertiary/aromatic N) is 4. The Balaban J connectivity index is 0.000000223. The molecule has 0 radical (unpaired) electrons. The highest BCUT2D eigenvalue weighted by atomic mass is 35.5. The lowest BCUT2D eigenvalue weighted by Gasteiger charge is -2.26. The molecule has 25 heteroatoms. The molecule has 4 aromatic carbocycles. The van der Waals surface area contributed by atoms with Crippen molar-refractivity contribution in [1.82, 2.24) is 19.8 Å². The lowest BCUT2D eigenvalue weighted by molar-refractivity contribution is -0.121. The average molecular weight is 1170 g/mol. The number of methoxy groups -OCH3 is 2. The maximum atomic E-state index is 13.7. The Labute approximate surface area is 473 Å². The number of hydrogen-bond donors (Lipinski definition) is 2. The average Bonchev–Trinajstić information content (AvgIpc) is 3.45. The molecular formula is C56H59ClN6O16S2. The van der Waals surface area contributed by atoms with E-state index in [0.717, 1.165) is 33.4 Å². The number of ether oxygens (including phenoxy) is 6. The van der Waals surface area contributed by atoms with Crippen LogP contribution in [0.3, 0.4) is 0 Å². The van der Waals surface area contributed by atoms with Crippen molar-refractivity contribution in [2.24, 2.45) is 0 Å². The first-order valence-corrected chi connectivity index (χ1v) is 29.3. The van der Waals surface area contributed by atoms with E-state index in [2.05, 4.69) is 15.3 Å². The summed E-state index contributed by atoms with van der Waals surface area (Å²) in [4.78, 5) is 86.5. The first kappa shape index (κ1) is 61.9. The van der Waals surface area contributed by atoms with E-state index < -0.39 is 78.0 Å². The number of carbonyl (C=O) groups excluding carboxylic acids is 6. The van der Waals surface area contributed by atoms with Crippen molar-refractivity contribution in [2.45, 2.75) is 39.1 Å². The summed E-state index contributed by atoms with van der Waals surface area (Å²) >= 11 is 5.08. The number of imide groups is 2. The maximum absolute atomic E-state index is 13.7. The number of rotatable bonds is 23. The summed E-state index contributed by atoms with van der Waals surface area (Å²) in [5, 5.41) is 2.17. The molecule has 8 rings (SSSR count). The highest BCUT2D eigenvalue weighted by Gasteiger charge is 2.45. The fourth-order valence-electron chi connectivity index (χ4n) is 8.35. The quantitative estimate of drug-likeness (QED) is 0.0396. The normalized spacial score (nSPS) is 13.4. The molecule has 0 spiro atoms. The molecule has 0 aliphatic carbocycles. The van der Waals surface area contributed by atoms with Crippen LogP contribution in [-0.2, 0) is 52.0 Å². The minimum Gasteiger partial charge on any atom is -0.491 e. The van der Waals surface area contributed by atoms with Crippen LogP contribution < -0.4 is 30.0 Å². The smallest absolute Gasteiger partial charge is 0.264 e. The number of nitrogens with two attached hydrogens (primary N) is 1. The number of halogens is 1. The van der Waals surface area contributed by atoms with Gasteiger partial charge in [0.05, 0.1) is 104 Å². The number of anilines is 2. The van der Waals surface area contributed by atoms with Crippen LogP contribution in [-0.4, -0.2) is 136 Å². The van der Waals surface area contributed by atoms with Crippen LogP contribution in [0.25, 0.3) is 0 Å². The SMILES string of the molecule is CCOc1nc(C(CS(C)(=O)=O)N2C(=O)c3cccc(N)c3C2=O)ccc1OC.CCOc1nc(C(CS(C)(=O)=O)N2C(=O)c3cccc(NC(=O)COCc4ccccc4)c3C2=O)ccc1OC.O=C(Cl)COCc1ccccc1. The molecule has 5 amide bonds. The van der Waals surface area contributed by atoms with Gasteiger partial charge >= 0.3 is 0 Å². The van der Waals surface area contributed by atoms with Crippen molar-refractivity contribution in [3.63, 3.8) is 0 Å². The first-order chi connectivity index (χ1) is 38.6. The summed E-state index contributed by atoms with van der Waals surface area (Å²) in [5.41, 5.74) is 8.58. The third kappa shape index (κ3) is 16.4. The molecule has 2 aliphatic rings. The lowest BCUT2D eigenvalue weighted by Crippen LogP contribution is -2.38. The summed E-state index contributed by atoms with van der Waals surface area (Å²) in [6.07, 6.45) is 2.03. The number of pyridine rings is 2. The molecule has 0 fully saturated rings. The van der Waals surface area contributed by atoms with Gasteiger partial charge < -0.3 is 39.5 Å². The number of nitrogens with one attached hydrogen (secondary N) is 1. The van der Waals surface area contributed by atoms with E-state index >= 15 is 0 Å². The predicted octanol–water partition coefficient (Wildman–Crippen LogP) is 6.45. The molecule has 0 saturated heterocycles. The largest absolute Gasteiger partial charge is 0.491 e. The van der Waals surface area contributed by atoms with Crippen LogP contribution in [0.4, 0.5) is 11.4 Å². The van der Waals surface area contributed by atoms with Gasteiger partial charge in [-0.25, -0.2) is 26.8 Å². The topological polar surface area (TPSA) is 296 Å². The van der Waals surface area contributed by atoms with Gasteiger partial charge in [0.25, 0.3) is 35.4 Å². The second-order valence-corrected chi connectivity index (χ2v) is 22.7. The van der Waals surface area contributed by atoms with E-state index in [1.165, 1.54) is 62.8 Å². The van der Waals surface area contributed by atoms with Crippen LogP contribution in [0, 0.1) is 0 Å². The zero-order valence-corrected chi connectivity index (χ0v) is 47.3. The Morgan fingerprint density at radius 3 is 1.43 bits per heavy atom. The van der Waals surface area contributed by atoms with Crippen molar-refractivity contribution >= 4 is 77.4 Å². The molecule has 0 bridgehead atoms. The number of sulfone groups is 2. The van der Waals surface area contributed by atoms with Crippen LogP contribution in [0.1, 0.15) is 89.9 Å². The summed E-state index contributed by atoms with van der Waals surface area (Å²) in [6, 6.07) is 31.6. The van der Waals surface area contributed by atoms with Crippen LogP contribution in [0.15, 0.2) is 121 Å². The van der Waals surface area contributed by atoms with Crippen LogP contribution in [0.5, 0.6) is 23.3 Å². The van der Waals surface area contributed by atoms with Crippen molar-refractivity contribution in [2.75, 3.05) is 75.7 Å². The standard InChI is InChI=1S/C28H29N3O8S.C19H21N3O6S.C9H9ClO2/c1-4-39-26-23(37-2)14-13-20(30-26)22(17-40(3,35)36)31-27(33)19-11-8-12-21(25(19)28(31)34)29-24(32)16-38-15-18-9-6-5-7-10-18;1-4-28-17-15(27-2)9-8-13(21-17)14(10-29(3,25)26)22-18(23)11-6-5-7-12(20)16(11)19(22)24;10-9(11)7-12-6-8-4-2-1-3-5-8/h5-14,22H,4,15-17H2,1-3H3,(H,29,32);5-9,14H,4,10,20H2,1-3H3;1-5H,6-7H2. The number of nitrogen functional groups attached to an aromatic ring is 1. The molecular weight excluding hydrogens is 1110 g/mol. The fraction of sp³-hybridized carbons (Fsp3) is 0.286. The van der Waals surface area contributed by atoms with Crippen molar-refractivity contribution < 1.29 is 74.0 Å². The number of hydrogen-bond acceptors (Lipinski definition) is 19. The van der Waals surface area contributed by atoms with E-state index in [1.54, 1.807) is 26.0 Å². The van der Waals surface area contributed by atoms with Crippen molar-refractivity contribution in [1.29, 1.82) is 0 Å². The zero-order chi connectivity index (χ0) is 59.0. The number of carbonyl (C=O) groups is 6. The second kappa shape index (κ2) is 28.2. The number of aromatic nitrogens is 2. The van der Waals surface area contributed by atoms with Gasteiger partial charge in [-0.05, 0) is 85.1 Å². The summed E-state index contributed by atoms with van der Waals surface area (Å²) in [7, 11) is -4.40. The van der Waals surface area contributed by atoms with Gasteiger partial charge in [0, 0.05) is 18.2 Å². The molecule has 428 valence electrons. The Morgan fingerprint density at radius 2 is 1.01 bits per heavy atom. The summed E-state index contributed by atoms with van der Waals surface area (Å²) in [6.45, 7) is 4.40. The van der Waals surface area contributed by atoms with E-state index in [-0.39, 0.29) is 83.2 Å².